The first-order valence-corrected chi connectivity index (χ1v) is 8.40. The lowest BCUT2D eigenvalue weighted by Gasteiger charge is -2.13. The summed E-state index contributed by atoms with van der Waals surface area (Å²) in [4.78, 5) is 12.3. The van der Waals surface area contributed by atoms with Crippen LogP contribution in [0.4, 0.5) is 13.2 Å². The predicted octanol–water partition coefficient (Wildman–Crippen LogP) is 4.17. The highest BCUT2D eigenvalue weighted by Crippen LogP contribution is 2.33. The molecule has 0 spiro atoms. The van der Waals surface area contributed by atoms with E-state index in [1.54, 1.807) is 12.1 Å². The Kier molecular flexibility index (Phi) is 5.30. The highest BCUT2D eigenvalue weighted by molar-refractivity contribution is 5.95. The van der Waals surface area contributed by atoms with Gasteiger partial charge in [-0.25, -0.2) is 4.68 Å². The summed E-state index contributed by atoms with van der Waals surface area (Å²) in [5, 5.41) is 6.35. The lowest BCUT2D eigenvalue weighted by Crippen LogP contribution is -2.28. The van der Waals surface area contributed by atoms with Crippen LogP contribution >= 0.6 is 0 Å². The molecule has 140 valence electrons. The number of halogens is 3. The van der Waals surface area contributed by atoms with Crippen molar-refractivity contribution in [1.82, 2.24) is 15.1 Å². The van der Waals surface area contributed by atoms with E-state index < -0.39 is 23.3 Å². The predicted molar refractivity (Wildman–Crippen MR) is 95.8 cm³/mol. The molecule has 7 heteroatoms. The fourth-order valence-corrected chi connectivity index (χ4v) is 2.73. The maximum absolute atomic E-state index is 13.6. The Morgan fingerprint density at radius 2 is 1.74 bits per heavy atom. The van der Waals surface area contributed by atoms with Crippen LogP contribution in [-0.2, 0) is 12.6 Å². The van der Waals surface area contributed by atoms with Gasteiger partial charge in [0.1, 0.15) is 0 Å². The molecule has 0 radical (unpaired) electrons. The molecule has 0 saturated heterocycles. The fourth-order valence-electron chi connectivity index (χ4n) is 2.73. The Bertz CT molecular complexity index is 916. The molecule has 0 aliphatic rings. The van der Waals surface area contributed by atoms with E-state index in [2.05, 4.69) is 10.4 Å². The van der Waals surface area contributed by atoms with Gasteiger partial charge in [0.2, 0.25) is 0 Å². The van der Waals surface area contributed by atoms with Crippen molar-refractivity contribution in [2.75, 3.05) is 6.54 Å². The van der Waals surface area contributed by atoms with Gasteiger partial charge in [0.15, 0.2) is 5.69 Å². The van der Waals surface area contributed by atoms with Crippen LogP contribution < -0.4 is 5.32 Å². The maximum atomic E-state index is 13.6. The molecule has 0 bridgehead atoms. The number of aromatic nitrogens is 2. The summed E-state index contributed by atoms with van der Waals surface area (Å²) in [5.74, 6) is -0.795. The third-order valence-corrected chi connectivity index (χ3v) is 4.10. The second-order valence-electron chi connectivity index (χ2n) is 6.14. The molecule has 3 aromatic rings. The van der Waals surface area contributed by atoms with Crippen molar-refractivity contribution >= 4 is 5.91 Å². The van der Waals surface area contributed by atoms with Gasteiger partial charge in [0.05, 0.1) is 17.4 Å². The maximum Gasteiger partial charge on any atom is 0.434 e. The van der Waals surface area contributed by atoms with Crippen LogP contribution in [0.3, 0.4) is 0 Å². The summed E-state index contributed by atoms with van der Waals surface area (Å²) in [6.45, 7) is 2.07. The van der Waals surface area contributed by atoms with E-state index in [0.29, 0.717) is 6.42 Å². The molecule has 2 aromatic carbocycles. The lowest BCUT2D eigenvalue weighted by molar-refractivity contribution is -0.143. The van der Waals surface area contributed by atoms with Crippen molar-refractivity contribution in [1.29, 1.82) is 0 Å². The van der Waals surface area contributed by atoms with Gasteiger partial charge >= 0.3 is 6.18 Å². The molecule has 4 nitrogen and oxygen atoms in total. The van der Waals surface area contributed by atoms with Crippen LogP contribution in [0.5, 0.6) is 0 Å². The Labute approximate surface area is 154 Å². The lowest BCUT2D eigenvalue weighted by atomic mass is 10.1. The van der Waals surface area contributed by atoms with Gasteiger partial charge in [-0.1, -0.05) is 48.0 Å². The molecule has 1 heterocycles. The number of nitrogens with zero attached hydrogens (tertiary/aromatic N) is 2. The molecule has 1 aromatic heterocycles. The third-order valence-electron chi connectivity index (χ3n) is 4.10. The smallest absolute Gasteiger partial charge is 0.352 e. The zero-order valence-corrected chi connectivity index (χ0v) is 14.6. The number of hydrogen-bond acceptors (Lipinski definition) is 2. The highest BCUT2D eigenvalue weighted by Gasteiger charge is 2.40. The second kappa shape index (κ2) is 7.65. The van der Waals surface area contributed by atoms with Gasteiger partial charge in [0.25, 0.3) is 5.91 Å². The fraction of sp³-hybridized carbons (Fsp3) is 0.200. The number of carbonyl (C=O) groups excluding carboxylic acids is 1. The average molecular weight is 373 g/mol. The number of amides is 1. The van der Waals surface area contributed by atoms with Crippen LogP contribution in [0.15, 0.2) is 60.8 Å². The van der Waals surface area contributed by atoms with Gasteiger partial charge in [-0.15, -0.1) is 0 Å². The molecule has 0 aliphatic carbocycles. The van der Waals surface area contributed by atoms with Gasteiger partial charge in [-0.3, -0.25) is 4.79 Å². The minimum Gasteiger partial charge on any atom is -0.352 e. The molecule has 3 rings (SSSR count). The molecule has 1 amide bonds. The molecule has 1 N–H and O–H groups in total. The topological polar surface area (TPSA) is 46.9 Å². The Hall–Kier alpha value is -3.09. The van der Waals surface area contributed by atoms with Crippen LogP contribution in [0.1, 0.15) is 27.2 Å². The van der Waals surface area contributed by atoms with E-state index in [-0.39, 0.29) is 12.2 Å². The van der Waals surface area contributed by atoms with E-state index in [1.807, 2.05) is 37.3 Å². The van der Waals surface area contributed by atoms with Crippen molar-refractivity contribution in [3.05, 3.63) is 83.2 Å². The summed E-state index contributed by atoms with van der Waals surface area (Å²) in [6, 6.07) is 15.8. The van der Waals surface area contributed by atoms with Crippen LogP contribution in [-0.4, -0.2) is 22.2 Å². The van der Waals surface area contributed by atoms with Gasteiger partial charge < -0.3 is 5.32 Å². The third kappa shape index (κ3) is 4.36. The largest absolute Gasteiger partial charge is 0.434 e. The molecule has 0 fully saturated rings. The Morgan fingerprint density at radius 3 is 2.37 bits per heavy atom. The molecule has 0 unspecified atom stereocenters. The van der Waals surface area contributed by atoms with E-state index in [1.165, 1.54) is 12.1 Å². The number of aryl methyl sites for hydroxylation is 1. The van der Waals surface area contributed by atoms with Crippen LogP contribution in [0.2, 0.25) is 0 Å². The average Bonchev–Trinajstić information content (AvgIpc) is 3.09. The monoisotopic (exact) mass is 373 g/mol. The number of rotatable bonds is 5. The highest BCUT2D eigenvalue weighted by atomic mass is 19.4. The molecular weight excluding hydrogens is 355 g/mol. The van der Waals surface area contributed by atoms with Crippen molar-refractivity contribution in [2.45, 2.75) is 19.5 Å². The first-order valence-electron chi connectivity index (χ1n) is 8.40. The molecular formula is C20H18F3N3O. The molecule has 0 aliphatic heterocycles. The normalized spacial score (nSPS) is 11.4. The van der Waals surface area contributed by atoms with Gasteiger partial charge in [-0.2, -0.15) is 18.3 Å². The summed E-state index contributed by atoms with van der Waals surface area (Å²) in [5.41, 5.74) is 0.582. The van der Waals surface area contributed by atoms with Crippen LogP contribution in [0.25, 0.3) is 5.69 Å². The number of benzene rings is 2. The number of alkyl halides is 3. The zero-order chi connectivity index (χ0) is 19.4. The van der Waals surface area contributed by atoms with E-state index in [9.17, 15) is 18.0 Å². The number of nitrogens with one attached hydrogen (secondary N) is 1. The van der Waals surface area contributed by atoms with E-state index in [0.717, 1.165) is 22.0 Å². The summed E-state index contributed by atoms with van der Waals surface area (Å²) in [7, 11) is 0. The number of hydrogen-bond donors (Lipinski definition) is 1. The first-order chi connectivity index (χ1) is 12.9. The zero-order valence-electron chi connectivity index (χ0n) is 14.6. The van der Waals surface area contributed by atoms with Gasteiger partial charge in [-0.05, 0) is 31.0 Å². The Balaban J connectivity index is 1.82. The van der Waals surface area contributed by atoms with Crippen molar-refractivity contribution in [3.8, 4) is 5.69 Å². The quantitative estimate of drug-likeness (QED) is 0.730. The van der Waals surface area contributed by atoms with E-state index in [4.69, 9.17) is 0 Å². The molecule has 27 heavy (non-hydrogen) atoms. The minimum atomic E-state index is -4.71. The van der Waals surface area contributed by atoms with Crippen LogP contribution in [0, 0.1) is 6.92 Å². The van der Waals surface area contributed by atoms with Crippen molar-refractivity contribution < 1.29 is 18.0 Å². The second-order valence-corrected chi connectivity index (χ2v) is 6.14. The van der Waals surface area contributed by atoms with Crippen molar-refractivity contribution in [3.63, 3.8) is 0 Å². The summed E-state index contributed by atoms with van der Waals surface area (Å²) < 4.78 is 41.6. The van der Waals surface area contributed by atoms with E-state index >= 15 is 0 Å². The molecule has 0 saturated carbocycles. The Morgan fingerprint density at radius 1 is 1.07 bits per heavy atom. The summed E-state index contributed by atoms with van der Waals surface area (Å²) in [6.07, 6.45) is -3.23. The standard InChI is InChI=1S/C20H18F3N3O/c1-14-7-9-16(10-8-14)26-18(20(21,22)23)17(13-25-26)19(27)24-12-11-15-5-3-2-4-6-15/h2-10,13H,11-12H2,1H3,(H,24,27). The molecule has 0 atom stereocenters. The van der Waals surface area contributed by atoms with Gasteiger partial charge in [0, 0.05) is 6.54 Å². The first kappa shape index (κ1) is 18.7. The number of carbonyl (C=O) groups is 1. The summed E-state index contributed by atoms with van der Waals surface area (Å²) >= 11 is 0. The van der Waals surface area contributed by atoms with Crippen molar-refractivity contribution in [2.24, 2.45) is 0 Å². The SMILES string of the molecule is Cc1ccc(-n2ncc(C(=O)NCCc3ccccc3)c2C(F)(F)F)cc1. The minimum absolute atomic E-state index is 0.232.